The second-order valence-electron chi connectivity index (χ2n) is 7.68. The summed E-state index contributed by atoms with van der Waals surface area (Å²) in [7, 11) is 4.76. The molecule has 1 aromatic carbocycles. The number of amides is 1. The molecule has 2 aromatic heterocycles. The average molecular weight is 425 g/mol. The maximum atomic E-state index is 12.8. The van der Waals surface area contributed by atoms with Crippen LogP contribution >= 0.6 is 0 Å². The number of fused-ring (bicyclic) bond motifs is 1. The number of carbonyl (C=O) groups is 1. The number of hydrogen-bond acceptors (Lipinski definition) is 6. The smallest absolute Gasteiger partial charge is 0.222 e. The third kappa shape index (κ3) is 4.28. The molecule has 0 spiro atoms. The van der Waals surface area contributed by atoms with Crippen LogP contribution in [-0.2, 0) is 11.2 Å². The standard InChI is InChI=1S/C23H28N4O4/c1-29-18-14-16(15-19(30-2)22(18)31-3)7-8-21(28)26-12-9-17(10-13-26)23-25-24-20-6-4-5-11-27(20)23/h4-6,11,14-15,17H,7-10,12-13H2,1-3H3. The number of methoxy groups -OCH3 is 3. The van der Waals surface area contributed by atoms with Crippen LogP contribution in [0.3, 0.4) is 0 Å². The van der Waals surface area contributed by atoms with E-state index in [2.05, 4.69) is 10.2 Å². The quantitative estimate of drug-likeness (QED) is 0.580. The Labute approximate surface area is 181 Å². The van der Waals surface area contributed by atoms with Crippen molar-refractivity contribution in [1.29, 1.82) is 0 Å². The van der Waals surface area contributed by atoms with E-state index >= 15 is 0 Å². The number of nitrogens with zero attached hydrogens (tertiary/aromatic N) is 4. The Kier molecular flexibility index (Phi) is 6.25. The maximum absolute atomic E-state index is 12.8. The molecule has 1 saturated heterocycles. The first-order chi connectivity index (χ1) is 15.1. The van der Waals surface area contributed by atoms with Gasteiger partial charge in [-0.3, -0.25) is 9.20 Å². The van der Waals surface area contributed by atoms with Gasteiger partial charge in [-0.15, -0.1) is 10.2 Å². The Balaban J connectivity index is 1.35. The van der Waals surface area contributed by atoms with Gasteiger partial charge in [0.2, 0.25) is 11.7 Å². The first-order valence-corrected chi connectivity index (χ1v) is 10.5. The van der Waals surface area contributed by atoms with Crippen LogP contribution in [0.1, 0.15) is 36.6 Å². The van der Waals surface area contributed by atoms with Gasteiger partial charge >= 0.3 is 0 Å². The average Bonchev–Trinajstić information content (AvgIpc) is 3.26. The number of ether oxygens (including phenoxy) is 3. The zero-order valence-electron chi connectivity index (χ0n) is 18.2. The monoisotopic (exact) mass is 424 g/mol. The molecular weight excluding hydrogens is 396 g/mol. The van der Waals surface area contributed by atoms with Crippen LogP contribution in [0.4, 0.5) is 0 Å². The third-order valence-electron chi connectivity index (χ3n) is 5.90. The minimum Gasteiger partial charge on any atom is -0.493 e. The molecule has 164 valence electrons. The van der Waals surface area contributed by atoms with Gasteiger partial charge in [0.05, 0.1) is 21.3 Å². The SMILES string of the molecule is COc1cc(CCC(=O)N2CCC(c3nnc4ccccn34)CC2)cc(OC)c1OC. The molecule has 0 radical (unpaired) electrons. The number of carbonyl (C=O) groups excluding carboxylic acids is 1. The fourth-order valence-electron chi connectivity index (χ4n) is 4.21. The van der Waals surface area contributed by atoms with Crippen LogP contribution in [-0.4, -0.2) is 59.8 Å². The summed E-state index contributed by atoms with van der Waals surface area (Å²) in [6, 6.07) is 9.71. The Morgan fingerprint density at radius 3 is 2.39 bits per heavy atom. The van der Waals surface area contributed by atoms with Crippen molar-refractivity contribution in [2.45, 2.75) is 31.6 Å². The Bertz CT molecular complexity index is 1030. The number of aromatic nitrogens is 3. The van der Waals surface area contributed by atoms with Gasteiger partial charge in [0.15, 0.2) is 17.1 Å². The molecule has 8 heteroatoms. The van der Waals surface area contributed by atoms with Crippen LogP contribution in [0.25, 0.3) is 5.65 Å². The highest BCUT2D eigenvalue weighted by molar-refractivity contribution is 5.76. The summed E-state index contributed by atoms with van der Waals surface area (Å²) in [4.78, 5) is 14.8. The number of pyridine rings is 1. The number of hydrogen-bond donors (Lipinski definition) is 0. The summed E-state index contributed by atoms with van der Waals surface area (Å²) >= 11 is 0. The molecule has 0 saturated carbocycles. The predicted octanol–water partition coefficient (Wildman–Crippen LogP) is 3.09. The van der Waals surface area contributed by atoms with Crippen molar-refractivity contribution >= 4 is 11.6 Å². The van der Waals surface area contributed by atoms with Gasteiger partial charge in [-0.25, -0.2) is 0 Å². The number of piperidine rings is 1. The molecule has 31 heavy (non-hydrogen) atoms. The Morgan fingerprint density at radius 1 is 1.03 bits per heavy atom. The number of benzene rings is 1. The van der Waals surface area contributed by atoms with Gasteiger partial charge in [-0.05, 0) is 49.1 Å². The van der Waals surface area contributed by atoms with E-state index in [9.17, 15) is 4.79 Å². The lowest BCUT2D eigenvalue weighted by Crippen LogP contribution is -2.38. The van der Waals surface area contributed by atoms with Gasteiger partial charge in [0.25, 0.3) is 0 Å². The van der Waals surface area contributed by atoms with E-state index in [0.29, 0.717) is 36.0 Å². The van der Waals surface area contributed by atoms with Crippen molar-refractivity contribution in [3.63, 3.8) is 0 Å². The number of rotatable bonds is 7. The predicted molar refractivity (Wildman–Crippen MR) is 116 cm³/mol. The van der Waals surface area contributed by atoms with Gasteiger partial charge in [0.1, 0.15) is 5.82 Å². The summed E-state index contributed by atoms with van der Waals surface area (Å²) in [6.07, 6.45) is 4.85. The van der Waals surface area contributed by atoms with E-state index in [-0.39, 0.29) is 5.91 Å². The lowest BCUT2D eigenvalue weighted by atomic mass is 9.95. The minimum atomic E-state index is 0.165. The van der Waals surface area contributed by atoms with Crippen LogP contribution in [0, 0.1) is 0 Å². The molecule has 0 N–H and O–H groups in total. The highest BCUT2D eigenvalue weighted by atomic mass is 16.5. The van der Waals surface area contributed by atoms with Crippen molar-refractivity contribution in [3.05, 3.63) is 47.9 Å². The molecule has 3 heterocycles. The summed E-state index contributed by atoms with van der Waals surface area (Å²) in [5.41, 5.74) is 1.84. The fourth-order valence-corrected chi connectivity index (χ4v) is 4.21. The molecule has 1 aliphatic rings. The van der Waals surface area contributed by atoms with Crippen LogP contribution in [0.5, 0.6) is 17.2 Å². The van der Waals surface area contributed by atoms with Crippen LogP contribution < -0.4 is 14.2 Å². The van der Waals surface area contributed by atoms with Crippen molar-refractivity contribution in [1.82, 2.24) is 19.5 Å². The lowest BCUT2D eigenvalue weighted by molar-refractivity contribution is -0.132. The molecule has 4 rings (SSSR count). The maximum Gasteiger partial charge on any atom is 0.222 e. The summed E-state index contributed by atoms with van der Waals surface area (Å²) in [5.74, 6) is 3.23. The molecule has 0 bridgehead atoms. The third-order valence-corrected chi connectivity index (χ3v) is 5.90. The van der Waals surface area contributed by atoms with Gasteiger partial charge < -0.3 is 19.1 Å². The first kappa shape index (κ1) is 21.0. The van der Waals surface area contributed by atoms with Gasteiger partial charge in [-0.1, -0.05) is 6.07 Å². The van der Waals surface area contributed by atoms with Gasteiger partial charge in [0, 0.05) is 31.6 Å². The molecule has 3 aromatic rings. The van der Waals surface area contributed by atoms with Crippen LogP contribution in [0.15, 0.2) is 36.5 Å². The first-order valence-electron chi connectivity index (χ1n) is 10.5. The second kappa shape index (κ2) is 9.24. The van der Waals surface area contributed by atoms with E-state index in [1.807, 2.05) is 45.8 Å². The highest BCUT2D eigenvalue weighted by Crippen LogP contribution is 2.38. The van der Waals surface area contributed by atoms with E-state index in [4.69, 9.17) is 14.2 Å². The Morgan fingerprint density at radius 2 is 1.74 bits per heavy atom. The zero-order valence-corrected chi connectivity index (χ0v) is 18.2. The molecule has 0 unspecified atom stereocenters. The summed E-state index contributed by atoms with van der Waals surface area (Å²) in [6.45, 7) is 1.47. The summed E-state index contributed by atoms with van der Waals surface area (Å²) < 4.78 is 18.2. The molecular formula is C23H28N4O4. The van der Waals surface area contributed by atoms with Crippen molar-refractivity contribution in [3.8, 4) is 17.2 Å². The lowest BCUT2D eigenvalue weighted by Gasteiger charge is -2.31. The minimum absolute atomic E-state index is 0.165. The molecule has 1 aliphatic heterocycles. The molecule has 1 amide bonds. The van der Waals surface area contributed by atoms with Crippen molar-refractivity contribution < 1.29 is 19.0 Å². The molecule has 0 aliphatic carbocycles. The number of likely N-dealkylation sites (tertiary alicyclic amines) is 1. The fraction of sp³-hybridized carbons (Fsp3) is 0.435. The van der Waals surface area contributed by atoms with E-state index in [1.165, 1.54) is 0 Å². The molecule has 1 fully saturated rings. The molecule has 8 nitrogen and oxygen atoms in total. The summed E-state index contributed by atoms with van der Waals surface area (Å²) in [5, 5.41) is 8.64. The largest absolute Gasteiger partial charge is 0.493 e. The van der Waals surface area contributed by atoms with E-state index < -0.39 is 0 Å². The van der Waals surface area contributed by atoms with E-state index in [0.717, 1.165) is 43.0 Å². The highest BCUT2D eigenvalue weighted by Gasteiger charge is 2.26. The van der Waals surface area contributed by atoms with E-state index in [1.54, 1.807) is 21.3 Å². The molecule has 0 atom stereocenters. The van der Waals surface area contributed by atoms with Crippen molar-refractivity contribution in [2.75, 3.05) is 34.4 Å². The van der Waals surface area contributed by atoms with Crippen LogP contribution in [0.2, 0.25) is 0 Å². The number of aryl methyl sites for hydroxylation is 1. The second-order valence-corrected chi connectivity index (χ2v) is 7.68. The zero-order chi connectivity index (χ0) is 21.8. The normalized spacial score (nSPS) is 14.6. The van der Waals surface area contributed by atoms with Crippen molar-refractivity contribution in [2.24, 2.45) is 0 Å². The Hall–Kier alpha value is -3.29. The topological polar surface area (TPSA) is 78.2 Å². The van der Waals surface area contributed by atoms with Gasteiger partial charge in [-0.2, -0.15) is 0 Å².